The fourth-order valence-corrected chi connectivity index (χ4v) is 3.70. The number of thiophene rings is 1. The van der Waals surface area contributed by atoms with Gasteiger partial charge in [-0.2, -0.15) is 0 Å². The van der Waals surface area contributed by atoms with E-state index in [1.807, 2.05) is 12.1 Å². The first-order chi connectivity index (χ1) is 8.28. The summed E-state index contributed by atoms with van der Waals surface area (Å²) in [4.78, 5) is 12.0. The first kappa shape index (κ1) is 10.7. The number of fused-ring (bicyclic) bond motifs is 1. The van der Waals surface area contributed by atoms with Gasteiger partial charge < -0.3 is 0 Å². The van der Waals surface area contributed by atoms with Gasteiger partial charge in [-0.05, 0) is 35.2 Å². The van der Waals surface area contributed by atoms with Crippen molar-refractivity contribution in [3.63, 3.8) is 0 Å². The number of benzene rings is 1. The normalized spacial score (nSPS) is 17.7. The van der Waals surface area contributed by atoms with E-state index >= 15 is 0 Å². The Balaban J connectivity index is 2.17. The lowest BCUT2D eigenvalue weighted by Gasteiger charge is -2.39. The highest BCUT2D eigenvalue weighted by Gasteiger charge is 2.46. The Kier molecular flexibility index (Phi) is 2.42. The summed E-state index contributed by atoms with van der Waals surface area (Å²) in [6.07, 6.45) is 2.89. The van der Waals surface area contributed by atoms with Crippen LogP contribution >= 0.6 is 11.3 Å². The lowest BCUT2D eigenvalue weighted by molar-refractivity contribution is -0.129. The van der Waals surface area contributed by atoms with Gasteiger partial charge in [-0.3, -0.25) is 10.2 Å². The molecule has 4 heteroatoms. The number of hydrazine groups is 1. The molecule has 2 aromatic rings. The summed E-state index contributed by atoms with van der Waals surface area (Å²) >= 11 is 1.70. The van der Waals surface area contributed by atoms with Gasteiger partial charge in [-0.1, -0.05) is 24.6 Å². The van der Waals surface area contributed by atoms with Crippen LogP contribution in [0.1, 0.15) is 24.8 Å². The van der Waals surface area contributed by atoms with E-state index in [0.29, 0.717) is 0 Å². The molecule has 0 atom stereocenters. The van der Waals surface area contributed by atoms with E-state index in [-0.39, 0.29) is 11.3 Å². The van der Waals surface area contributed by atoms with Crippen molar-refractivity contribution in [2.24, 2.45) is 5.84 Å². The van der Waals surface area contributed by atoms with Crippen LogP contribution in [-0.2, 0) is 10.2 Å². The number of carbonyl (C=O) groups excluding carboxylic acids is 1. The van der Waals surface area contributed by atoms with Crippen LogP contribution < -0.4 is 11.3 Å². The first-order valence-electron chi connectivity index (χ1n) is 5.76. The van der Waals surface area contributed by atoms with Gasteiger partial charge in [-0.25, -0.2) is 5.84 Å². The van der Waals surface area contributed by atoms with E-state index in [1.54, 1.807) is 11.3 Å². The van der Waals surface area contributed by atoms with Crippen molar-refractivity contribution in [2.45, 2.75) is 24.7 Å². The molecule has 3 nitrogen and oxygen atoms in total. The number of amides is 1. The lowest BCUT2D eigenvalue weighted by atomic mass is 9.64. The molecule has 1 heterocycles. The first-order valence-corrected chi connectivity index (χ1v) is 6.64. The predicted molar refractivity (Wildman–Crippen MR) is 69.7 cm³/mol. The highest BCUT2D eigenvalue weighted by atomic mass is 32.1. The van der Waals surface area contributed by atoms with Crippen LogP contribution in [-0.4, -0.2) is 5.91 Å². The number of nitrogens with two attached hydrogens (primary N) is 1. The topological polar surface area (TPSA) is 55.1 Å². The van der Waals surface area contributed by atoms with E-state index < -0.39 is 0 Å². The van der Waals surface area contributed by atoms with Crippen LogP contribution in [0.5, 0.6) is 0 Å². The molecule has 1 aliphatic rings. The van der Waals surface area contributed by atoms with Gasteiger partial charge in [0, 0.05) is 4.70 Å². The molecule has 0 spiro atoms. The smallest absolute Gasteiger partial charge is 0.244 e. The van der Waals surface area contributed by atoms with Gasteiger partial charge in [0.25, 0.3) is 0 Å². The van der Waals surface area contributed by atoms with Gasteiger partial charge >= 0.3 is 0 Å². The minimum Gasteiger partial charge on any atom is -0.293 e. The fraction of sp³-hybridized carbons (Fsp3) is 0.308. The van der Waals surface area contributed by atoms with Gasteiger partial charge in [0.2, 0.25) is 5.91 Å². The Hall–Kier alpha value is -1.39. The summed E-state index contributed by atoms with van der Waals surface area (Å²) in [5, 5.41) is 3.31. The highest BCUT2D eigenvalue weighted by Crippen LogP contribution is 2.47. The molecule has 1 amide bonds. The van der Waals surface area contributed by atoms with E-state index in [1.165, 1.54) is 10.1 Å². The quantitative estimate of drug-likeness (QED) is 0.485. The van der Waals surface area contributed by atoms with Crippen molar-refractivity contribution < 1.29 is 4.79 Å². The molecule has 0 saturated heterocycles. The van der Waals surface area contributed by atoms with E-state index in [4.69, 9.17) is 5.84 Å². The highest BCUT2D eigenvalue weighted by molar-refractivity contribution is 7.17. The van der Waals surface area contributed by atoms with Crippen LogP contribution in [0.25, 0.3) is 10.1 Å². The van der Waals surface area contributed by atoms with Crippen molar-refractivity contribution in [3.05, 3.63) is 35.2 Å². The van der Waals surface area contributed by atoms with E-state index in [2.05, 4.69) is 22.9 Å². The second kappa shape index (κ2) is 3.82. The molecular weight excluding hydrogens is 232 g/mol. The summed E-state index contributed by atoms with van der Waals surface area (Å²) < 4.78 is 1.23. The maximum Gasteiger partial charge on any atom is 0.244 e. The van der Waals surface area contributed by atoms with Crippen molar-refractivity contribution in [1.29, 1.82) is 0 Å². The number of hydrogen-bond acceptors (Lipinski definition) is 3. The molecular formula is C13H14N2OS. The Morgan fingerprint density at radius 1 is 1.35 bits per heavy atom. The molecule has 3 N–H and O–H groups in total. The van der Waals surface area contributed by atoms with Crippen LogP contribution in [0.15, 0.2) is 29.6 Å². The number of hydrogen-bond donors (Lipinski definition) is 2. The Labute approximate surface area is 104 Å². The van der Waals surface area contributed by atoms with Crippen molar-refractivity contribution in [3.8, 4) is 0 Å². The van der Waals surface area contributed by atoms with Gasteiger partial charge in [0.15, 0.2) is 0 Å². The standard InChI is InChI=1S/C13H14N2OS/c14-15-12(16)13(6-3-7-13)10-8-17-11-5-2-1-4-9(10)11/h1-2,4-5,8H,3,6-7,14H2,(H,15,16). The van der Waals surface area contributed by atoms with Crippen molar-refractivity contribution in [1.82, 2.24) is 5.43 Å². The van der Waals surface area contributed by atoms with E-state index in [0.717, 1.165) is 24.8 Å². The second-order valence-corrected chi connectivity index (χ2v) is 5.47. The third-order valence-corrected chi connectivity index (χ3v) is 4.73. The minimum atomic E-state index is -0.381. The maximum absolute atomic E-state index is 12.0. The Morgan fingerprint density at radius 3 is 2.76 bits per heavy atom. The summed E-state index contributed by atoms with van der Waals surface area (Å²) in [7, 11) is 0. The maximum atomic E-state index is 12.0. The Morgan fingerprint density at radius 2 is 2.12 bits per heavy atom. The molecule has 88 valence electrons. The molecule has 0 radical (unpaired) electrons. The molecule has 0 bridgehead atoms. The van der Waals surface area contributed by atoms with Gasteiger partial charge in [-0.15, -0.1) is 11.3 Å². The molecule has 1 aromatic carbocycles. The monoisotopic (exact) mass is 246 g/mol. The minimum absolute atomic E-state index is 0.0488. The zero-order valence-corrected chi connectivity index (χ0v) is 10.2. The summed E-state index contributed by atoms with van der Waals surface area (Å²) in [5.74, 6) is 5.27. The number of nitrogens with one attached hydrogen (secondary N) is 1. The lowest BCUT2D eigenvalue weighted by Crippen LogP contribution is -2.51. The predicted octanol–water partition coefficient (Wildman–Crippen LogP) is 2.31. The molecule has 0 aliphatic heterocycles. The molecule has 17 heavy (non-hydrogen) atoms. The molecule has 1 saturated carbocycles. The van der Waals surface area contributed by atoms with Crippen LogP contribution in [0.4, 0.5) is 0 Å². The summed E-state index contributed by atoms with van der Waals surface area (Å²) in [5.41, 5.74) is 3.09. The number of rotatable bonds is 2. The molecule has 0 unspecified atom stereocenters. The molecule has 1 fully saturated rings. The third-order valence-electron chi connectivity index (χ3n) is 3.77. The van der Waals surface area contributed by atoms with Gasteiger partial charge in [0.1, 0.15) is 0 Å². The summed E-state index contributed by atoms with van der Waals surface area (Å²) in [6.45, 7) is 0. The van der Waals surface area contributed by atoms with Crippen LogP contribution in [0, 0.1) is 0 Å². The average Bonchev–Trinajstić information content (AvgIpc) is 2.72. The van der Waals surface area contributed by atoms with Crippen molar-refractivity contribution in [2.75, 3.05) is 0 Å². The molecule has 1 aromatic heterocycles. The largest absolute Gasteiger partial charge is 0.293 e. The Bertz CT molecular complexity index is 572. The SMILES string of the molecule is NNC(=O)C1(c2csc3ccccc23)CCC1. The van der Waals surface area contributed by atoms with E-state index in [9.17, 15) is 4.79 Å². The van der Waals surface area contributed by atoms with Crippen LogP contribution in [0.3, 0.4) is 0 Å². The second-order valence-electron chi connectivity index (χ2n) is 4.55. The number of carbonyl (C=O) groups is 1. The average molecular weight is 246 g/mol. The van der Waals surface area contributed by atoms with Crippen molar-refractivity contribution >= 4 is 27.3 Å². The van der Waals surface area contributed by atoms with Gasteiger partial charge in [0.05, 0.1) is 5.41 Å². The fourth-order valence-electron chi connectivity index (χ4n) is 2.64. The zero-order valence-electron chi connectivity index (χ0n) is 9.40. The molecule has 3 rings (SSSR count). The third kappa shape index (κ3) is 1.41. The zero-order chi connectivity index (χ0) is 11.9. The summed E-state index contributed by atoms with van der Waals surface area (Å²) in [6, 6.07) is 8.23. The molecule has 1 aliphatic carbocycles. The van der Waals surface area contributed by atoms with Crippen LogP contribution in [0.2, 0.25) is 0 Å².